The molecule has 5 atom stereocenters. The van der Waals surface area contributed by atoms with Crippen LogP contribution in [0.3, 0.4) is 0 Å². The van der Waals surface area contributed by atoms with Crippen molar-refractivity contribution in [2.75, 3.05) is 68.7 Å². The van der Waals surface area contributed by atoms with Crippen LogP contribution in [-0.2, 0) is 16.0 Å². The van der Waals surface area contributed by atoms with Crippen LogP contribution in [0.25, 0.3) is 0 Å². The third-order valence-corrected chi connectivity index (χ3v) is 17.3. The molecule has 8 nitrogen and oxygen atoms in total. The van der Waals surface area contributed by atoms with Crippen LogP contribution in [0.15, 0.2) is 146 Å². The van der Waals surface area contributed by atoms with Gasteiger partial charge in [-0.15, -0.1) is 0 Å². The van der Waals surface area contributed by atoms with E-state index in [4.69, 9.17) is 4.74 Å². The lowest BCUT2D eigenvalue weighted by atomic mass is 9.68. The number of aryl methyl sites for hydroxylation is 1. The van der Waals surface area contributed by atoms with Crippen molar-refractivity contribution in [3.05, 3.63) is 190 Å². The van der Waals surface area contributed by atoms with Crippen molar-refractivity contribution < 1.29 is 19.7 Å². The molecule has 3 heterocycles. The highest BCUT2D eigenvalue weighted by Crippen LogP contribution is 2.52. The molecule has 3 fully saturated rings. The molecule has 0 bridgehead atoms. The van der Waals surface area contributed by atoms with E-state index in [1.54, 1.807) is 6.07 Å². The van der Waals surface area contributed by atoms with Crippen molar-refractivity contribution in [2.24, 2.45) is 5.41 Å². The molecule has 6 aromatic rings. The fourth-order valence-electron chi connectivity index (χ4n) is 13.7. The fraction of sp³-hybridized carbons (Fsp3) is 0.413. The summed E-state index contributed by atoms with van der Waals surface area (Å²) in [7, 11) is 0. The number of aromatic hydroxyl groups is 2. The molecule has 3 N–H and O–H groups in total. The number of carbonyl (C=O) groups is 1. The van der Waals surface area contributed by atoms with Crippen LogP contribution in [0.2, 0.25) is 0 Å². The third kappa shape index (κ3) is 10.5. The Morgan fingerprint density at radius 2 is 1.08 bits per heavy atom. The third-order valence-electron chi connectivity index (χ3n) is 17.3. The summed E-state index contributed by atoms with van der Waals surface area (Å²) in [5, 5.41) is 24.8. The maximum absolute atomic E-state index is 14.0. The first kappa shape index (κ1) is 47.2. The molecule has 11 rings (SSSR count). The number of benzene rings is 6. The SMILES string of the molecule is O=C(CN1CCN(c2ccc([C@@H]3c4ccc(O)cc4CC[C@@H]3c3ccccc3)cc2)CC1)OC1C[C@H](c2ccccc2)[C@H](c2ccc(N3CCCC4(CCCNCCC4)CCC3)cc2)c2ccc(O)cc21. The highest BCUT2D eigenvalue weighted by atomic mass is 16.5. The summed E-state index contributed by atoms with van der Waals surface area (Å²) >= 11 is 0. The van der Waals surface area contributed by atoms with Gasteiger partial charge in [-0.3, -0.25) is 9.69 Å². The number of piperazine rings is 1. The Bertz CT molecular complexity index is 2700. The molecule has 0 saturated carbocycles. The molecule has 6 aromatic carbocycles. The summed E-state index contributed by atoms with van der Waals surface area (Å²) in [6.45, 7) is 7.93. The van der Waals surface area contributed by atoms with Gasteiger partial charge in [0.25, 0.3) is 0 Å². The Morgan fingerprint density at radius 1 is 0.549 bits per heavy atom. The Hall–Kier alpha value is -6.09. The lowest BCUT2D eigenvalue weighted by Crippen LogP contribution is -2.48. The summed E-state index contributed by atoms with van der Waals surface area (Å²) in [5.41, 5.74) is 12.7. The van der Waals surface area contributed by atoms with Crippen LogP contribution < -0.4 is 15.1 Å². The lowest BCUT2D eigenvalue weighted by Gasteiger charge is -2.40. The molecular formula is C63H72N4O4. The maximum atomic E-state index is 14.0. The molecule has 1 unspecified atom stereocenters. The Labute approximate surface area is 421 Å². The number of hydrogen-bond donors (Lipinski definition) is 3. The van der Waals surface area contributed by atoms with E-state index in [9.17, 15) is 15.0 Å². The number of hydrogen-bond acceptors (Lipinski definition) is 8. The van der Waals surface area contributed by atoms with E-state index in [0.717, 1.165) is 63.2 Å². The minimum atomic E-state index is -0.480. The van der Waals surface area contributed by atoms with Gasteiger partial charge in [0.2, 0.25) is 0 Å². The van der Waals surface area contributed by atoms with Gasteiger partial charge in [-0.25, -0.2) is 0 Å². The second kappa shape index (κ2) is 21.3. The van der Waals surface area contributed by atoms with Gasteiger partial charge in [0, 0.05) is 62.5 Å². The molecule has 71 heavy (non-hydrogen) atoms. The molecule has 0 aromatic heterocycles. The average Bonchev–Trinajstić information content (AvgIpc) is 3.39. The van der Waals surface area contributed by atoms with Crippen molar-refractivity contribution in [3.8, 4) is 11.5 Å². The van der Waals surface area contributed by atoms with Crippen LogP contribution in [0.4, 0.5) is 11.4 Å². The van der Waals surface area contributed by atoms with Crippen LogP contribution in [0.1, 0.15) is 138 Å². The molecule has 2 aliphatic carbocycles. The molecule has 5 aliphatic rings. The summed E-state index contributed by atoms with van der Waals surface area (Å²) < 4.78 is 6.51. The Kier molecular flexibility index (Phi) is 14.2. The topological polar surface area (TPSA) is 88.5 Å². The summed E-state index contributed by atoms with van der Waals surface area (Å²) in [6.07, 6.45) is 12.7. The number of esters is 1. The molecule has 368 valence electrons. The minimum absolute atomic E-state index is 0.0402. The van der Waals surface area contributed by atoms with Crippen molar-refractivity contribution in [1.82, 2.24) is 10.2 Å². The Morgan fingerprint density at radius 3 is 1.70 bits per heavy atom. The van der Waals surface area contributed by atoms with E-state index >= 15 is 0 Å². The zero-order valence-corrected chi connectivity index (χ0v) is 41.4. The van der Waals surface area contributed by atoms with E-state index in [0.29, 0.717) is 23.5 Å². The minimum Gasteiger partial charge on any atom is -0.508 e. The summed E-state index contributed by atoms with van der Waals surface area (Å²) in [5.74, 6) is 0.985. The first-order chi connectivity index (χ1) is 34.9. The predicted octanol–water partition coefficient (Wildman–Crippen LogP) is 12.2. The zero-order valence-electron chi connectivity index (χ0n) is 41.4. The number of phenols is 2. The molecule has 3 aliphatic heterocycles. The van der Waals surface area contributed by atoms with Crippen molar-refractivity contribution >= 4 is 17.3 Å². The van der Waals surface area contributed by atoms with Crippen molar-refractivity contribution in [1.29, 1.82) is 0 Å². The van der Waals surface area contributed by atoms with Gasteiger partial charge in [0.15, 0.2) is 0 Å². The second-order valence-corrected chi connectivity index (χ2v) is 21.5. The van der Waals surface area contributed by atoms with Crippen molar-refractivity contribution in [2.45, 2.75) is 100 Å². The number of rotatable bonds is 9. The lowest BCUT2D eigenvalue weighted by molar-refractivity contribution is -0.152. The molecule has 0 amide bonds. The number of anilines is 2. The highest BCUT2D eigenvalue weighted by Gasteiger charge is 2.40. The molecule has 8 heteroatoms. The van der Waals surface area contributed by atoms with Crippen molar-refractivity contribution in [3.63, 3.8) is 0 Å². The number of fused-ring (bicyclic) bond motifs is 2. The number of nitrogens with one attached hydrogen (secondary N) is 1. The monoisotopic (exact) mass is 949 g/mol. The van der Waals surface area contributed by atoms with Crippen LogP contribution in [0, 0.1) is 5.41 Å². The molecule has 1 spiro atoms. The smallest absolute Gasteiger partial charge is 0.320 e. The van der Waals surface area contributed by atoms with E-state index in [2.05, 4.69) is 141 Å². The quantitative estimate of drug-likeness (QED) is 0.124. The first-order valence-corrected chi connectivity index (χ1v) is 26.9. The molecular weight excluding hydrogens is 877 g/mol. The van der Waals surface area contributed by atoms with E-state index in [-0.39, 0.29) is 36.0 Å². The van der Waals surface area contributed by atoms with E-state index < -0.39 is 6.10 Å². The summed E-state index contributed by atoms with van der Waals surface area (Å²) in [6, 6.07) is 51.6. The van der Waals surface area contributed by atoms with Crippen LogP contribution >= 0.6 is 0 Å². The van der Waals surface area contributed by atoms with Gasteiger partial charge in [-0.05, 0) is 194 Å². The van der Waals surface area contributed by atoms with Gasteiger partial charge in [0.1, 0.15) is 17.6 Å². The number of carbonyl (C=O) groups excluding carboxylic acids is 1. The zero-order chi connectivity index (χ0) is 48.2. The summed E-state index contributed by atoms with van der Waals surface area (Å²) in [4.78, 5) is 21.3. The van der Waals surface area contributed by atoms with E-state index in [1.165, 1.54) is 109 Å². The maximum Gasteiger partial charge on any atom is 0.320 e. The molecule has 3 saturated heterocycles. The van der Waals surface area contributed by atoms with Gasteiger partial charge in [-0.1, -0.05) is 97.1 Å². The average molecular weight is 949 g/mol. The normalized spacial score (nSPS) is 23.9. The van der Waals surface area contributed by atoms with Gasteiger partial charge < -0.3 is 30.1 Å². The first-order valence-electron chi connectivity index (χ1n) is 26.9. The van der Waals surface area contributed by atoms with Gasteiger partial charge >= 0.3 is 5.97 Å². The standard InChI is InChI=1S/C63H72N4O4/c68-52-24-27-55-49(41-52)19-26-54(45-11-3-1-4-12-45)61(55)47-15-22-51(23-16-47)67-39-37-65(38-40-67)44-60(70)71-59-43-57(46-13-5-2-6-14-46)62(56-28-25-53(69)42-58(56)59)48-17-20-50(21-18-48)66-35-9-31-63(32-10-36-66)29-7-33-64-34-8-30-63/h1-6,11-18,20-25,27-28,41-42,54,57,59,61-62,64,68-69H,7-10,19,26,29-40,43-44H2/t54-,57-,59?,61+,62-/m1/s1. The fourth-order valence-corrected chi connectivity index (χ4v) is 13.7. The number of ether oxygens (including phenoxy) is 1. The Balaban J connectivity index is 0.750. The second-order valence-electron chi connectivity index (χ2n) is 21.5. The molecule has 0 radical (unpaired) electrons. The largest absolute Gasteiger partial charge is 0.508 e. The highest BCUT2D eigenvalue weighted by molar-refractivity contribution is 5.72. The number of nitrogens with zero attached hydrogens (tertiary/aromatic N) is 3. The van der Waals surface area contributed by atoms with Crippen LogP contribution in [0.5, 0.6) is 11.5 Å². The number of phenolic OH excluding ortho intramolecular Hbond substituents is 2. The van der Waals surface area contributed by atoms with Gasteiger partial charge in [0.05, 0.1) is 6.54 Å². The van der Waals surface area contributed by atoms with Crippen LogP contribution in [-0.4, -0.2) is 80.0 Å². The van der Waals surface area contributed by atoms with Gasteiger partial charge in [-0.2, -0.15) is 0 Å². The predicted molar refractivity (Wildman–Crippen MR) is 286 cm³/mol. The van der Waals surface area contributed by atoms with E-state index in [1.807, 2.05) is 18.2 Å².